The first-order valence-electron chi connectivity index (χ1n) is 8.35. The van der Waals surface area contributed by atoms with Crippen LogP contribution < -0.4 is 10.4 Å². The van der Waals surface area contributed by atoms with Crippen LogP contribution in [-0.4, -0.2) is 61.1 Å². The number of methoxy groups -OCH3 is 1. The molecular formula is C18H16N2O7. The lowest BCUT2D eigenvalue weighted by atomic mass is 9.98. The standard InChI is InChI=1S/C18H16N2O7/c1-25-13-4-2-3-11-5-12(17(23)27-15(11)13)16(22)19-6-10(7-19)8-20-14(21)9-26-18(20)24/h2-5,10H,6-9H2,1H3. The van der Waals surface area contributed by atoms with Gasteiger partial charge in [0.25, 0.3) is 11.8 Å². The van der Waals surface area contributed by atoms with E-state index in [1.54, 1.807) is 18.2 Å². The summed E-state index contributed by atoms with van der Waals surface area (Å²) in [7, 11) is 1.47. The molecule has 2 aromatic rings. The molecule has 27 heavy (non-hydrogen) atoms. The molecular weight excluding hydrogens is 356 g/mol. The highest BCUT2D eigenvalue weighted by Crippen LogP contribution is 2.26. The monoisotopic (exact) mass is 372 g/mol. The highest BCUT2D eigenvalue weighted by Gasteiger charge is 2.39. The van der Waals surface area contributed by atoms with Crippen molar-refractivity contribution in [3.63, 3.8) is 0 Å². The molecule has 9 nitrogen and oxygen atoms in total. The van der Waals surface area contributed by atoms with Gasteiger partial charge in [-0.25, -0.2) is 14.5 Å². The van der Waals surface area contributed by atoms with Gasteiger partial charge in [0, 0.05) is 30.9 Å². The van der Waals surface area contributed by atoms with E-state index in [4.69, 9.17) is 9.15 Å². The highest BCUT2D eigenvalue weighted by molar-refractivity contribution is 5.99. The molecule has 0 saturated carbocycles. The Morgan fingerprint density at radius 1 is 1.26 bits per heavy atom. The van der Waals surface area contributed by atoms with Crippen LogP contribution in [0.3, 0.4) is 0 Å². The van der Waals surface area contributed by atoms with E-state index in [9.17, 15) is 19.2 Å². The molecule has 2 aliphatic heterocycles. The minimum absolute atomic E-state index is 0.0452. The molecule has 2 saturated heterocycles. The Balaban J connectivity index is 1.48. The molecule has 0 radical (unpaired) electrons. The van der Waals surface area contributed by atoms with Crippen LogP contribution in [0.5, 0.6) is 5.75 Å². The van der Waals surface area contributed by atoms with Crippen molar-refractivity contribution in [3.8, 4) is 5.75 Å². The number of amides is 3. The summed E-state index contributed by atoms with van der Waals surface area (Å²) >= 11 is 0. The molecule has 1 aromatic heterocycles. The van der Waals surface area contributed by atoms with Gasteiger partial charge in [-0.3, -0.25) is 9.59 Å². The smallest absolute Gasteiger partial charge is 0.417 e. The van der Waals surface area contributed by atoms with E-state index in [2.05, 4.69) is 4.74 Å². The van der Waals surface area contributed by atoms with Crippen molar-refractivity contribution in [3.05, 3.63) is 40.2 Å². The molecule has 0 atom stereocenters. The number of nitrogens with zero attached hydrogens (tertiary/aromatic N) is 2. The van der Waals surface area contributed by atoms with E-state index in [1.807, 2.05) is 0 Å². The fourth-order valence-electron chi connectivity index (χ4n) is 3.26. The first-order valence-corrected chi connectivity index (χ1v) is 8.35. The molecule has 0 unspecified atom stereocenters. The number of cyclic esters (lactones) is 1. The summed E-state index contributed by atoms with van der Waals surface area (Å²) in [5.74, 6) is -0.458. The minimum Gasteiger partial charge on any atom is -0.493 e. The van der Waals surface area contributed by atoms with E-state index in [-0.39, 0.29) is 36.1 Å². The zero-order valence-electron chi connectivity index (χ0n) is 14.5. The molecule has 3 amide bonds. The first-order chi connectivity index (χ1) is 13.0. The van der Waals surface area contributed by atoms with Crippen LogP contribution in [0.4, 0.5) is 4.79 Å². The van der Waals surface area contributed by atoms with E-state index in [1.165, 1.54) is 18.1 Å². The van der Waals surface area contributed by atoms with Crippen molar-refractivity contribution in [1.29, 1.82) is 0 Å². The third kappa shape index (κ3) is 2.90. The third-order valence-corrected chi connectivity index (χ3v) is 4.70. The average Bonchev–Trinajstić information content (AvgIpc) is 2.94. The van der Waals surface area contributed by atoms with Crippen LogP contribution in [0.15, 0.2) is 33.5 Å². The molecule has 1 aromatic carbocycles. The summed E-state index contributed by atoms with van der Waals surface area (Å²) in [4.78, 5) is 50.4. The normalized spacial score (nSPS) is 17.2. The van der Waals surface area contributed by atoms with E-state index in [0.717, 1.165) is 4.90 Å². The second-order valence-electron chi connectivity index (χ2n) is 6.46. The van der Waals surface area contributed by atoms with Gasteiger partial charge in [-0.15, -0.1) is 0 Å². The molecule has 2 fully saturated rings. The van der Waals surface area contributed by atoms with Gasteiger partial charge >= 0.3 is 11.7 Å². The minimum atomic E-state index is -0.737. The van der Waals surface area contributed by atoms with Crippen molar-refractivity contribution in [1.82, 2.24) is 9.80 Å². The van der Waals surface area contributed by atoms with Crippen LogP contribution >= 0.6 is 0 Å². The lowest BCUT2D eigenvalue weighted by molar-refractivity contribution is -0.126. The van der Waals surface area contributed by atoms with Crippen molar-refractivity contribution >= 4 is 28.9 Å². The Morgan fingerprint density at radius 2 is 2.04 bits per heavy atom. The molecule has 3 heterocycles. The predicted molar refractivity (Wildman–Crippen MR) is 91.5 cm³/mol. The maximum atomic E-state index is 12.6. The first kappa shape index (κ1) is 17.1. The average molecular weight is 372 g/mol. The number of carbonyl (C=O) groups is 3. The van der Waals surface area contributed by atoms with Crippen molar-refractivity contribution < 1.29 is 28.3 Å². The van der Waals surface area contributed by atoms with Crippen molar-refractivity contribution in [2.75, 3.05) is 33.4 Å². The molecule has 9 heteroatoms. The summed E-state index contributed by atoms with van der Waals surface area (Å²) in [6.45, 7) is 0.637. The lowest BCUT2D eigenvalue weighted by Gasteiger charge is -2.40. The predicted octanol–water partition coefficient (Wildman–Crippen LogP) is 0.852. The quantitative estimate of drug-likeness (QED) is 0.733. The van der Waals surface area contributed by atoms with Gasteiger partial charge in [0.1, 0.15) is 5.56 Å². The van der Waals surface area contributed by atoms with Gasteiger partial charge in [-0.1, -0.05) is 12.1 Å². The number of carbonyl (C=O) groups excluding carboxylic acids is 3. The van der Waals surface area contributed by atoms with Crippen LogP contribution in [0, 0.1) is 5.92 Å². The Labute approximate surface area is 153 Å². The summed E-state index contributed by atoms with van der Waals surface area (Å²) in [6.07, 6.45) is -0.658. The van der Waals surface area contributed by atoms with Crippen molar-refractivity contribution in [2.45, 2.75) is 0 Å². The Kier molecular flexibility index (Phi) is 4.06. The van der Waals surface area contributed by atoms with E-state index < -0.39 is 17.6 Å². The van der Waals surface area contributed by atoms with Gasteiger partial charge in [0.05, 0.1) is 7.11 Å². The lowest BCUT2D eigenvalue weighted by Crippen LogP contribution is -2.55. The third-order valence-electron chi connectivity index (χ3n) is 4.70. The van der Waals surface area contributed by atoms with Gasteiger partial charge in [0.2, 0.25) is 0 Å². The summed E-state index contributed by atoms with van der Waals surface area (Å²) in [5, 5.41) is 0.583. The Bertz CT molecular complexity index is 990. The summed E-state index contributed by atoms with van der Waals surface area (Å²) in [6, 6.07) is 6.61. The second kappa shape index (κ2) is 6.42. The number of para-hydroxylation sites is 1. The maximum absolute atomic E-state index is 12.6. The molecule has 0 bridgehead atoms. The number of benzene rings is 1. The van der Waals surface area contributed by atoms with Gasteiger partial charge in [-0.2, -0.15) is 0 Å². The Hall–Kier alpha value is -3.36. The number of hydrogen-bond acceptors (Lipinski definition) is 7. The van der Waals surface area contributed by atoms with E-state index >= 15 is 0 Å². The summed E-state index contributed by atoms with van der Waals surface area (Å²) in [5.41, 5.74) is -0.515. The molecule has 140 valence electrons. The Morgan fingerprint density at radius 3 is 2.70 bits per heavy atom. The summed E-state index contributed by atoms with van der Waals surface area (Å²) < 4.78 is 15.1. The van der Waals surface area contributed by atoms with Gasteiger partial charge in [-0.05, 0) is 12.1 Å². The molecule has 0 spiro atoms. The van der Waals surface area contributed by atoms with Gasteiger partial charge in [0.15, 0.2) is 17.9 Å². The molecule has 0 N–H and O–H groups in total. The van der Waals surface area contributed by atoms with Crippen molar-refractivity contribution in [2.24, 2.45) is 5.92 Å². The fraction of sp³-hybridized carbons (Fsp3) is 0.333. The van der Waals surface area contributed by atoms with Crippen LogP contribution in [0.2, 0.25) is 0 Å². The number of fused-ring (bicyclic) bond motifs is 1. The largest absolute Gasteiger partial charge is 0.493 e. The second-order valence-corrected chi connectivity index (χ2v) is 6.46. The molecule has 4 rings (SSSR count). The maximum Gasteiger partial charge on any atom is 0.417 e. The zero-order valence-corrected chi connectivity index (χ0v) is 14.5. The van der Waals surface area contributed by atoms with Crippen LogP contribution in [-0.2, 0) is 9.53 Å². The van der Waals surface area contributed by atoms with E-state index in [0.29, 0.717) is 24.2 Å². The van der Waals surface area contributed by atoms with Gasteiger partial charge < -0.3 is 18.8 Å². The molecule has 2 aliphatic rings. The number of rotatable bonds is 4. The topological polar surface area (TPSA) is 106 Å². The fourth-order valence-corrected chi connectivity index (χ4v) is 3.26. The number of hydrogen-bond donors (Lipinski definition) is 0. The number of ether oxygens (including phenoxy) is 2. The molecule has 0 aliphatic carbocycles. The number of likely N-dealkylation sites (tertiary alicyclic amines) is 1. The SMILES string of the molecule is COc1cccc2cc(C(=O)N3CC(CN4C(=O)COC4=O)C3)c(=O)oc12. The highest BCUT2D eigenvalue weighted by atomic mass is 16.6. The van der Waals surface area contributed by atoms with Crippen LogP contribution in [0.1, 0.15) is 10.4 Å². The number of imide groups is 1. The zero-order chi connectivity index (χ0) is 19.1. The van der Waals surface area contributed by atoms with Crippen LogP contribution in [0.25, 0.3) is 11.0 Å².